The zero-order valence-corrected chi connectivity index (χ0v) is 13.0. The number of nitrogens with one attached hydrogen (secondary N) is 2. The van der Waals surface area contributed by atoms with E-state index in [0.29, 0.717) is 17.0 Å². The highest BCUT2D eigenvalue weighted by atomic mass is 16.1. The van der Waals surface area contributed by atoms with E-state index in [0.717, 1.165) is 16.8 Å². The number of carbonyl (C=O) groups is 1. The fourth-order valence-electron chi connectivity index (χ4n) is 2.57. The van der Waals surface area contributed by atoms with Gasteiger partial charge in [0.05, 0.1) is 5.39 Å². The third-order valence-electron chi connectivity index (χ3n) is 3.83. The molecule has 0 atom stereocenters. The van der Waals surface area contributed by atoms with Crippen LogP contribution in [-0.4, -0.2) is 25.7 Å². The molecule has 4 aromatic rings. The summed E-state index contributed by atoms with van der Waals surface area (Å²) in [7, 11) is 0. The van der Waals surface area contributed by atoms with E-state index in [4.69, 9.17) is 0 Å². The molecule has 118 valence electrons. The van der Waals surface area contributed by atoms with Crippen molar-refractivity contribution in [2.75, 3.05) is 5.32 Å². The van der Waals surface area contributed by atoms with Crippen molar-refractivity contribution in [2.45, 2.75) is 6.92 Å². The first-order valence-electron chi connectivity index (χ1n) is 7.57. The number of nitrogens with zero attached hydrogens (tertiary/aromatic N) is 3. The highest BCUT2D eigenvalue weighted by molar-refractivity contribution is 6.07. The number of amides is 1. The normalized spacial score (nSPS) is 10.9. The van der Waals surface area contributed by atoms with E-state index in [2.05, 4.69) is 20.5 Å². The minimum atomic E-state index is -0.206. The lowest BCUT2D eigenvalue weighted by molar-refractivity contribution is 0.102. The topological polar surface area (TPSA) is 75.6 Å². The number of fused-ring (bicyclic) bond motifs is 1. The van der Waals surface area contributed by atoms with Crippen LogP contribution < -0.4 is 5.32 Å². The number of aromatic amines is 1. The molecule has 3 aromatic heterocycles. The van der Waals surface area contributed by atoms with E-state index in [1.165, 1.54) is 0 Å². The van der Waals surface area contributed by atoms with Gasteiger partial charge in [0.15, 0.2) is 11.5 Å². The van der Waals surface area contributed by atoms with Crippen LogP contribution >= 0.6 is 0 Å². The van der Waals surface area contributed by atoms with Crippen molar-refractivity contribution < 1.29 is 4.79 Å². The lowest BCUT2D eigenvalue weighted by atomic mass is 10.2. The van der Waals surface area contributed by atoms with Crippen LogP contribution in [0.25, 0.3) is 16.7 Å². The van der Waals surface area contributed by atoms with Gasteiger partial charge in [-0.3, -0.25) is 9.89 Å². The minimum Gasteiger partial charge on any atom is -0.324 e. The third-order valence-corrected chi connectivity index (χ3v) is 3.83. The number of aryl methyl sites for hydroxylation is 1. The maximum absolute atomic E-state index is 12.4. The van der Waals surface area contributed by atoms with Crippen LogP contribution in [0, 0.1) is 6.92 Å². The zero-order chi connectivity index (χ0) is 16.5. The van der Waals surface area contributed by atoms with Gasteiger partial charge in [0.25, 0.3) is 5.91 Å². The Hall–Kier alpha value is -3.41. The van der Waals surface area contributed by atoms with Crippen molar-refractivity contribution in [1.82, 2.24) is 19.7 Å². The average molecular weight is 317 g/mol. The van der Waals surface area contributed by atoms with Crippen molar-refractivity contribution in [3.8, 4) is 5.69 Å². The molecule has 6 nitrogen and oxygen atoms in total. The van der Waals surface area contributed by atoms with Gasteiger partial charge in [-0.05, 0) is 55.5 Å². The van der Waals surface area contributed by atoms with Crippen molar-refractivity contribution in [1.29, 1.82) is 0 Å². The zero-order valence-electron chi connectivity index (χ0n) is 13.0. The summed E-state index contributed by atoms with van der Waals surface area (Å²) in [5.41, 5.74) is 3.13. The monoisotopic (exact) mass is 317 g/mol. The van der Waals surface area contributed by atoms with E-state index < -0.39 is 0 Å². The van der Waals surface area contributed by atoms with E-state index in [1.54, 1.807) is 12.1 Å². The second kappa shape index (κ2) is 5.66. The van der Waals surface area contributed by atoms with Crippen LogP contribution in [0.5, 0.6) is 0 Å². The van der Waals surface area contributed by atoms with E-state index >= 15 is 0 Å². The Kier molecular flexibility index (Phi) is 3.35. The first-order valence-corrected chi connectivity index (χ1v) is 7.57. The summed E-state index contributed by atoms with van der Waals surface area (Å²) < 4.78 is 1.98. The molecule has 0 saturated heterocycles. The molecule has 0 aliphatic heterocycles. The molecule has 4 rings (SSSR count). The molecule has 24 heavy (non-hydrogen) atoms. The summed E-state index contributed by atoms with van der Waals surface area (Å²) in [6.07, 6.45) is 3.92. The second-order valence-corrected chi connectivity index (χ2v) is 5.51. The predicted molar refractivity (Wildman–Crippen MR) is 92.3 cm³/mol. The summed E-state index contributed by atoms with van der Waals surface area (Å²) in [6, 6.07) is 15.1. The average Bonchev–Trinajstić information content (AvgIpc) is 3.25. The predicted octanol–water partition coefficient (Wildman–Crippen LogP) is 3.31. The van der Waals surface area contributed by atoms with E-state index in [1.807, 2.05) is 60.3 Å². The summed E-state index contributed by atoms with van der Waals surface area (Å²) in [5, 5.41) is 10.6. The lowest BCUT2D eigenvalue weighted by Gasteiger charge is -2.05. The summed E-state index contributed by atoms with van der Waals surface area (Å²) in [6.45, 7) is 1.91. The molecule has 1 aromatic carbocycles. The first kappa shape index (κ1) is 14.2. The van der Waals surface area contributed by atoms with E-state index in [-0.39, 0.29) is 5.91 Å². The van der Waals surface area contributed by atoms with Crippen LogP contribution in [0.4, 0.5) is 5.82 Å². The molecule has 3 heterocycles. The molecule has 0 radical (unpaired) electrons. The second-order valence-electron chi connectivity index (χ2n) is 5.51. The molecule has 0 bridgehead atoms. The van der Waals surface area contributed by atoms with Gasteiger partial charge < -0.3 is 9.88 Å². The van der Waals surface area contributed by atoms with Crippen LogP contribution in [0.2, 0.25) is 0 Å². The Bertz CT molecular complexity index is 1000. The number of hydrogen-bond acceptors (Lipinski definition) is 3. The van der Waals surface area contributed by atoms with Gasteiger partial charge in [0, 0.05) is 29.3 Å². The standard InChI is InChI=1S/C18H15N5O/c1-12-4-9-15-16(19-12)21-22-17(15)20-18(24)13-5-7-14(8-6-13)23-10-2-3-11-23/h2-11H,1H3,(H2,19,20,21,22,24). The number of aromatic nitrogens is 4. The smallest absolute Gasteiger partial charge is 0.256 e. The summed E-state index contributed by atoms with van der Waals surface area (Å²) in [5.74, 6) is 0.278. The maximum atomic E-state index is 12.4. The van der Waals surface area contributed by atoms with Gasteiger partial charge in [-0.15, -0.1) is 0 Å². The number of rotatable bonds is 3. The molecule has 6 heteroatoms. The first-order chi connectivity index (χ1) is 11.7. The molecular weight excluding hydrogens is 302 g/mol. The van der Waals surface area contributed by atoms with Gasteiger partial charge in [0.2, 0.25) is 0 Å². The Morgan fingerprint density at radius 1 is 1.08 bits per heavy atom. The molecule has 0 aliphatic carbocycles. The molecule has 1 amide bonds. The molecule has 0 spiro atoms. The number of H-pyrrole nitrogens is 1. The largest absolute Gasteiger partial charge is 0.324 e. The highest BCUT2D eigenvalue weighted by Gasteiger charge is 2.12. The summed E-state index contributed by atoms with van der Waals surface area (Å²) in [4.78, 5) is 16.8. The summed E-state index contributed by atoms with van der Waals surface area (Å²) >= 11 is 0. The molecule has 0 unspecified atom stereocenters. The van der Waals surface area contributed by atoms with Crippen LogP contribution in [-0.2, 0) is 0 Å². The SMILES string of the molecule is Cc1ccc2c(NC(=O)c3ccc(-n4cccc4)cc3)n[nH]c2n1. The Morgan fingerprint density at radius 3 is 2.58 bits per heavy atom. The van der Waals surface area contributed by atoms with Gasteiger partial charge in [-0.25, -0.2) is 4.98 Å². The Morgan fingerprint density at radius 2 is 1.83 bits per heavy atom. The van der Waals surface area contributed by atoms with Gasteiger partial charge in [-0.1, -0.05) is 0 Å². The number of anilines is 1. The quantitative estimate of drug-likeness (QED) is 0.608. The van der Waals surface area contributed by atoms with Crippen molar-refractivity contribution in [3.05, 3.63) is 72.2 Å². The highest BCUT2D eigenvalue weighted by Crippen LogP contribution is 2.20. The van der Waals surface area contributed by atoms with Crippen molar-refractivity contribution >= 4 is 22.8 Å². The number of benzene rings is 1. The van der Waals surface area contributed by atoms with Crippen LogP contribution in [0.3, 0.4) is 0 Å². The van der Waals surface area contributed by atoms with Crippen LogP contribution in [0.1, 0.15) is 16.1 Å². The van der Waals surface area contributed by atoms with Crippen molar-refractivity contribution in [3.63, 3.8) is 0 Å². The lowest BCUT2D eigenvalue weighted by Crippen LogP contribution is -2.12. The maximum Gasteiger partial charge on any atom is 0.256 e. The fraction of sp³-hybridized carbons (Fsp3) is 0.0556. The van der Waals surface area contributed by atoms with Gasteiger partial charge >= 0.3 is 0 Å². The fourth-order valence-corrected chi connectivity index (χ4v) is 2.57. The molecule has 2 N–H and O–H groups in total. The number of carbonyl (C=O) groups excluding carboxylic acids is 1. The van der Waals surface area contributed by atoms with E-state index in [9.17, 15) is 4.79 Å². The Labute approximate surface area is 138 Å². The molecular formula is C18H15N5O. The van der Waals surface area contributed by atoms with Gasteiger partial charge in [0.1, 0.15) is 0 Å². The minimum absolute atomic E-state index is 0.206. The van der Waals surface area contributed by atoms with Crippen LogP contribution in [0.15, 0.2) is 60.9 Å². The molecule has 0 aliphatic rings. The Balaban J connectivity index is 1.57. The number of pyridine rings is 1. The molecule has 0 fully saturated rings. The number of hydrogen-bond donors (Lipinski definition) is 2. The van der Waals surface area contributed by atoms with Gasteiger partial charge in [-0.2, -0.15) is 5.10 Å². The van der Waals surface area contributed by atoms with Crippen molar-refractivity contribution in [2.24, 2.45) is 0 Å². The molecule has 0 saturated carbocycles. The third kappa shape index (κ3) is 2.54.